The van der Waals surface area contributed by atoms with E-state index in [0.29, 0.717) is 6.42 Å². The van der Waals surface area contributed by atoms with Crippen LogP contribution in [-0.2, 0) is 4.79 Å². The molecule has 122 valence electrons. The average molecular weight is 305 g/mol. The molecule has 0 heterocycles. The van der Waals surface area contributed by atoms with Crippen LogP contribution in [0.2, 0.25) is 0 Å². The summed E-state index contributed by atoms with van der Waals surface area (Å²) in [6, 6.07) is 5.98. The molecule has 1 saturated carbocycles. The lowest BCUT2D eigenvalue weighted by Gasteiger charge is -2.24. The first-order chi connectivity index (χ1) is 10.6. The fourth-order valence-electron chi connectivity index (χ4n) is 2.95. The summed E-state index contributed by atoms with van der Waals surface area (Å²) >= 11 is 0. The lowest BCUT2D eigenvalue weighted by atomic mass is 9.96. The quantitative estimate of drug-likeness (QED) is 0.872. The van der Waals surface area contributed by atoms with Gasteiger partial charge in [-0.05, 0) is 49.3 Å². The molecular weight excluding hydrogens is 278 g/mol. The van der Waals surface area contributed by atoms with Crippen LogP contribution in [0, 0.1) is 0 Å². The summed E-state index contributed by atoms with van der Waals surface area (Å²) in [5, 5.41) is 2.67. The van der Waals surface area contributed by atoms with Crippen LogP contribution < -0.4 is 14.8 Å². The minimum atomic E-state index is 0.0538. The molecule has 1 fully saturated rings. The number of methoxy groups -OCH3 is 1. The molecule has 0 aromatic heterocycles. The topological polar surface area (TPSA) is 47.6 Å². The number of ether oxygens (including phenoxy) is 2. The average Bonchev–Trinajstić information content (AvgIpc) is 2.55. The molecule has 0 radical (unpaired) electrons. The molecule has 0 saturated heterocycles. The van der Waals surface area contributed by atoms with Crippen molar-refractivity contribution in [2.75, 3.05) is 14.2 Å². The van der Waals surface area contributed by atoms with Gasteiger partial charge in [0.15, 0.2) is 11.5 Å². The Kier molecular flexibility index (Phi) is 6.10. The van der Waals surface area contributed by atoms with Crippen LogP contribution >= 0.6 is 0 Å². The van der Waals surface area contributed by atoms with Gasteiger partial charge in [-0.2, -0.15) is 0 Å². The van der Waals surface area contributed by atoms with Crippen LogP contribution in [0.4, 0.5) is 0 Å². The van der Waals surface area contributed by atoms with E-state index in [1.165, 1.54) is 19.3 Å². The Morgan fingerprint density at radius 1 is 1.27 bits per heavy atom. The Bertz CT molecular complexity index is 495. The van der Waals surface area contributed by atoms with Crippen LogP contribution in [-0.4, -0.2) is 26.2 Å². The van der Waals surface area contributed by atoms with E-state index in [1.54, 1.807) is 14.2 Å². The third kappa shape index (κ3) is 4.39. The third-order valence-corrected chi connectivity index (χ3v) is 4.37. The molecule has 0 bridgehead atoms. The second kappa shape index (κ2) is 8.06. The molecule has 2 rings (SSSR count). The summed E-state index contributed by atoms with van der Waals surface area (Å²) in [6.07, 6.45) is 6.76. The first-order valence-electron chi connectivity index (χ1n) is 8.19. The molecule has 0 aliphatic heterocycles. The molecule has 1 aromatic rings. The van der Waals surface area contributed by atoms with Crippen LogP contribution in [0.5, 0.6) is 11.5 Å². The number of rotatable bonds is 6. The number of amides is 1. The van der Waals surface area contributed by atoms with Gasteiger partial charge in [-0.25, -0.2) is 0 Å². The summed E-state index contributed by atoms with van der Waals surface area (Å²) in [6.45, 7) is 2.06. The van der Waals surface area contributed by atoms with E-state index in [1.807, 2.05) is 18.2 Å². The molecule has 1 aliphatic carbocycles. The lowest BCUT2D eigenvalue weighted by molar-refractivity contribution is -0.120. The smallest absolute Gasteiger partial charge is 0.220 e. The van der Waals surface area contributed by atoms with Gasteiger partial charge in [0.1, 0.15) is 0 Å². The normalized spacial score (nSPS) is 16.9. The van der Waals surface area contributed by atoms with E-state index in [2.05, 4.69) is 12.2 Å². The Morgan fingerprint density at radius 2 is 2.00 bits per heavy atom. The summed E-state index contributed by atoms with van der Waals surface area (Å²) in [5.74, 6) is 1.77. The Balaban J connectivity index is 2.12. The predicted molar refractivity (Wildman–Crippen MR) is 87.6 cm³/mol. The summed E-state index contributed by atoms with van der Waals surface area (Å²) in [5.41, 5.74) is 1.11. The molecule has 1 amide bonds. The minimum absolute atomic E-state index is 0.0538. The van der Waals surface area contributed by atoms with Crippen LogP contribution in [0.25, 0.3) is 0 Å². The number of nitrogens with one attached hydrogen (secondary N) is 1. The molecule has 0 spiro atoms. The Labute approximate surface area is 133 Å². The van der Waals surface area contributed by atoms with E-state index in [0.717, 1.165) is 29.9 Å². The molecule has 4 heteroatoms. The van der Waals surface area contributed by atoms with Crippen LogP contribution in [0.15, 0.2) is 18.2 Å². The summed E-state index contributed by atoms with van der Waals surface area (Å²) < 4.78 is 11.6. The van der Waals surface area contributed by atoms with Crippen molar-refractivity contribution in [3.63, 3.8) is 0 Å². The van der Waals surface area contributed by atoms with Gasteiger partial charge >= 0.3 is 0 Å². The van der Waals surface area contributed by atoms with Gasteiger partial charge in [0.05, 0.1) is 13.2 Å². The number of carbonyl (C=O) groups is 1. The minimum Gasteiger partial charge on any atom is -0.493 e. The molecular formula is C18H27NO3. The van der Waals surface area contributed by atoms with Gasteiger partial charge < -0.3 is 14.8 Å². The van der Waals surface area contributed by atoms with Gasteiger partial charge in [-0.15, -0.1) is 0 Å². The van der Waals surface area contributed by atoms with Crippen molar-refractivity contribution in [1.29, 1.82) is 0 Å². The summed E-state index contributed by atoms with van der Waals surface area (Å²) in [7, 11) is 3.33. The van der Waals surface area contributed by atoms with Crippen molar-refractivity contribution < 1.29 is 14.3 Å². The van der Waals surface area contributed by atoms with E-state index in [-0.39, 0.29) is 17.9 Å². The van der Waals surface area contributed by atoms with E-state index in [9.17, 15) is 4.79 Å². The molecule has 1 N–H and O–H groups in total. The lowest BCUT2D eigenvalue weighted by Crippen LogP contribution is -2.20. The second-order valence-electron chi connectivity index (χ2n) is 6.07. The molecule has 1 unspecified atom stereocenters. The SMILES string of the molecule is CNC(=O)CC(C)c1ccc(OC)c(OC2CCCCC2)c1. The van der Waals surface area contributed by atoms with E-state index >= 15 is 0 Å². The van der Waals surface area contributed by atoms with Crippen LogP contribution in [0.1, 0.15) is 56.9 Å². The van der Waals surface area contributed by atoms with Crippen LogP contribution in [0.3, 0.4) is 0 Å². The third-order valence-electron chi connectivity index (χ3n) is 4.37. The van der Waals surface area contributed by atoms with Gasteiger partial charge in [0.25, 0.3) is 0 Å². The van der Waals surface area contributed by atoms with Crippen molar-refractivity contribution in [1.82, 2.24) is 5.32 Å². The molecule has 1 aliphatic rings. The number of carbonyl (C=O) groups excluding carboxylic acids is 1. The van der Waals surface area contributed by atoms with E-state index in [4.69, 9.17) is 9.47 Å². The Morgan fingerprint density at radius 3 is 2.64 bits per heavy atom. The Hall–Kier alpha value is -1.71. The maximum Gasteiger partial charge on any atom is 0.220 e. The molecule has 1 atom stereocenters. The number of hydrogen-bond donors (Lipinski definition) is 1. The zero-order valence-electron chi connectivity index (χ0n) is 13.9. The highest BCUT2D eigenvalue weighted by molar-refractivity contribution is 5.76. The molecule has 1 aromatic carbocycles. The fourth-order valence-corrected chi connectivity index (χ4v) is 2.95. The van der Waals surface area contributed by atoms with Gasteiger partial charge in [-0.1, -0.05) is 19.4 Å². The predicted octanol–water partition coefficient (Wildman–Crippen LogP) is 3.65. The molecule has 22 heavy (non-hydrogen) atoms. The zero-order chi connectivity index (χ0) is 15.9. The van der Waals surface area contributed by atoms with Crippen molar-refractivity contribution in [3.05, 3.63) is 23.8 Å². The second-order valence-corrected chi connectivity index (χ2v) is 6.07. The number of hydrogen-bond acceptors (Lipinski definition) is 3. The maximum atomic E-state index is 11.6. The first kappa shape index (κ1) is 16.7. The van der Waals surface area contributed by atoms with Crippen molar-refractivity contribution in [3.8, 4) is 11.5 Å². The van der Waals surface area contributed by atoms with Crippen molar-refractivity contribution >= 4 is 5.91 Å². The van der Waals surface area contributed by atoms with Crippen molar-refractivity contribution in [2.45, 2.75) is 57.5 Å². The maximum absolute atomic E-state index is 11.6. The highest BCUT2D eigenvalue weighted by Gasteiger charge is 2.18. The first-order valence-corrected chi connectivity index (χ1v) is 8.19. The van der Waals surface area contributed by atoms with E-state index < -0.39 is 0 Å². The number of benzene rings is 1. The highest BCUT2D eigenvalue weighted by atomic mass is 16.5. The highest BCUT2D eigenvalue weighted by Crippen LogP contribution is 2.34. The van der Waals surface area contributed by atoms with Gasteiger partial charge in [0.2, 0.25) is 5.91 Å². The largest absolute Gasteiger partial charge is 0.493 e. The van der Waals surface area contributed by atoms with Gasteiger partial charge in [0, 0.05) is 13.5 Å². The summed E-state index contributed by atoms with van der Waals surface area (Å²) in [4.78, 5) is 11.6. The standard InChI is InChI=1S/C18H27NO3/c1-13(11-18(20)19-2)14-9-10-16(21-3)17(12-14)22-15-7-5-4-6-8-15/h9-10,12-13,15H,4-8,11H2,1-3H3,(H,19,20). The zero-order valence-corrected chi connectivity index (χ0v) is 13.9. The van der Waals surface area contributed by atoms with Gasteiger partial charge in [-0.3, -0.25) is 4.79 Å². The fraction of sp³-hybridized carbons (Fsp3) is 0.611. The van der Waals surface area contributed by atoms with Crippen molar-refractivity contribution in [2.24, 2.45) is 0 Å². The monoisotopic (exact) mass is 305 g/mol. The molecule has 4 nitrogen and oxygen atoms in total.